The number of amides is 2. The molecule has 0 radical (unpaired) electrons. The number of hydrogen-bond acceptors (Lipinski definition) is 8. The number of rotatable bonds is 11. The molecule has 4 aromatic rings. The Labute approximate surface area is 342 Å². The van der Waals surface area contributed by atoms with E-state index in [2.05, 4.69) is 21.0 Å². The molecule has 310 valence electrons. The first-order chi connectivity index (χ1) is 27.1. The van der Waals surface area contributed by atoms with Gasteiger partial charge in [-0.3, -0.25) is 28.5 Å². The normalized spacial score (nSPS) is 16.3. The number of benzene rings is 2. The van der Waals surface area contributed by atoms with Crippen molar-refractivity contribution in [2.24, 2.45) is 17.8 Å². The van der Waals surface area contributed by atoms with E-state index < -0.39 is 53.1 Å². The Morgan fingerprint density at radius 1 is 1.02 bits per heavy atom. The van der Waals surface area contributed by atoms with Gasteiger partial charge in [0.15, 0.2) is 6.73 Å². The number of carbonyl (C=O) groups excluding carboxylic acids is 4. The van der Waals surface area contributed by atoms with Crippen LogP contribution in [0.1, 0.15) is 104 Å². The molecule has 1 fully saturated rings. The summed E-state index contributed by atoms with van der Waals surface area (Å²) in [7, 11) is 1.48. The van der Waals surface area contributed by atoms with Gasteiger partial charge in [0.25, 0.3) is 17.4 Å². The highest BCUT2D eigenvalue weighted by Gasteiger charge is 2.37. The van der Waals surface area contributed by atoms with Crippen LogP contribution in [0.2, 0.25) is 0 Å². The largest absolute Gasteiger partial charge is 0.460 e. The van der Waals surface area contributed by atoms with Crippen LogP contribution in [0.25, 0.3) is 11.3 Å². The summed E-state index contributed by atoms with van der Waals surface area (Å²) in [4.78, 5) is 69.9. The summed E-state index contributed by atoms with van der Waals surface area (Å²) in [6.45, 7) is 10.2. The van der Waals surface area contributed by atoms with E-state index in [9.17, 15) is 37.1 Å². The zero-order valence-corrected chi connectivity index (χ0v) is 35.1. The van der Waals surface area contributed by atoms with Crippen molar-refractivity contribution in [1.82, 2.24) is 24.0 Å². The lowest BCUT2D eigenvalue weighted by molar-refractivity contribution is -0.164. The molecule has 3 heterocycles. The highest BCUT2D eigenvalue weighted by Crippen LogP contribution is 2.37. The van der Waals surface area contributed by atoms with E-state index in [0.29, 0.717) is 34.9 Å². The van der Waals surface area contributed by atoms with Crippen LogP contribution in [0, 0.1) is 17.8 Å². The summed E-state index contributed by atoms with van der Waals surface area (Å²) in [5.74, 6) is -2.73. The Bertz CT molecular complexity index is 2310. The van der Waals surface area contributed by atoms with Gasteiger partial charge < -0.3 is 19.3 Å². The molecule has 58 heavy (non-hydrogen) atoms. The average Bonchev–Trinajstić information content (AvgIpc) is 3.88. The second-order valence-corrected chi connectivity index (χ2v) is 17.4. The zero-order chi connectivity index (χ0) is 42.4. The third-order valence-electron chi connectivity index (χ3n) is 10.5. The van der Waals surface area contributed by atoms with Crippen molar-refractivity contribution in [3.05, 3.63) is 97.0 Å². The lowest BCUT2D eigenvalue weighted by Gasteiger charge is -2.35. The monoisotopic (exact) mass is 869 g/mol. The lowest BCUT2D eigenvalue weighted by atomic mass is 9.92. The van der Waals surface area contributed by atoms with E-state index in [4.69, 9.17) is 9.47 Å². The van der Waals surface area contributed by atoms with E-state index >= 15 is 0 Å². The minimum atomic E-state index is -4.67. The van der Waals surface area contributed by atoms with Crippen LogP contribution in [0.4, 0.5) is 13.2 Å². The van der Waals surface area contributed by atoms with Gasteiger partial charge in [0.2, 0.25) is 0 Å². The van der Waals surface area contributed by atoms with E-state index in [1.165, 1.54) is 29.0 Å². The van der Waals surface area contributed by atoms with E-state index in [1.54, 1.807) is 81.1 Å². The summed E-state index contributed by atoms with van der Waals surface area (Å²) in [5, 5.41) is 4.68. The minimum absolute atomic E-state index is 0.0485. The molecule has 0 bridgehead atoms. The number of aromatic nitrogens is 3. The van der Waals surface area contributed by atoms with E-state index in [-0.39, 0.29) is 53.2 Å². The van der Waals surface area contributed by atoms with Gasteiger partial charge >= 0.3 is 18.1 Å². The first-order valence-corrected chi connectivity index (χ1v) is 20.0. The Kier molecular flexibility index (Phi) is 12.0. The Morgan fingerprint density at radius 2 is 1.67 bits per heavy atom. The van der Waals surface area contributed by atoms with Crippen LogP contribution in [0.5, 0.6) is 0 Å². The number of esters is 2. The summed E-state index contributed by atoms with van der Waals surface area (Å²) >= 11 is 2.94. The molecular formula is C42H47BrF3N5O7. The molecule has 12 nitrogen and oxygen atoms in total. The SMILES string of the molecule is CC(C)[C@H](CC(=O)OC(C)(C)C)C(=O)OCN(C)C(=O)c1ccc(-n2c(=O)c3c(n4ncc(CC5CC5)c24)CN(C(=O)c2ccc(Br)c(C(F)(F)F)c2)[C@@H](C)C3)cc1. The predicted octanol–water partition coefficient (Wildman–Crippen LogP) is 7.38. The number of carbonyl (C=O) groups is 4. The van der Waals surface area contributed by atoms with Crippen molar-refractivity contribution >= 4 is 45.3 Å². The molecule has 0 spiro atoms. The second kappa shape index (κ2) is 16.3. The van der Waals surface area contributed by atoms with Crippen LogP contribution in [-0.2, 0) is 44.6 Å². The maximum absolute atomic E-state index is 14.5. The highest BCUT2D eigenvalue weighted by molar-refractivity contribution is 9.10. The summed E-state index contributed by atoms with van der Waals surface area (Å²) in [5.41, 5.74) is 0.876. The number of hydrogen-bond donors (Lipinski definition) is 0. The van der Waals surface area contributed by atoms with Gasteiger partial charge in [-0.2, -0.15) is 18.3 Å². The van der Waals surface area contributed by atoms with Crippen LogP contribution in [-0.4, -0.2) is 73.2 Å². The van der Waals surface area contributed by atoms with Crippen LogP contribution >= 0.6 is 15.9 Å². The number of fused-ring (bicyclic) bond motifs is 3. The standard InChI is InChI=1S/C42H47BrF3N5O7/c1-23(2)30(19-35(52)58-41(4,5)6)40(56)57-22-48(7)37(53)26-10-13-29(14-11-26)50-36-28(17-25-8-9-25)20-47-51(36)34-21-49(24(3)16-31(34)39(50)55)38(54)27-12-15-33(43)32(18-27)42(44,45)46/h10-15,18,20,23-25,30H,8-9,16-17,19,21-22H2,1-7H3/t24-,30-/m0/s1. The highest BCUT2D eigenvalue weighted by atomic mass is 79.9. The fourth-order valence-corrected chi connectivity index (χ4v) is 7.64. The van der Waals surface area contributed by atoms with Gasteiger partial charge in [-0.15, -0.1) is 0 Å². The van der Waals surface area contributed by atoms with Crippen molar-refractivity contribution in [1.29, 1.82) is 0 Å². The van der Waals surface area contributed by atoms with Gasteiger partial charge in [-0.25, -0.2) is 4.52 Å². The van der Waals surface area contributed by atoms with Crippen LogP contribution in [0.3, 0.4) is 0 Å². The van der Waals surface area contributed by atoms with Crippen molar-refractivity contribution in [2.75, 3.05) is 13.8 Å². The molecule has 2 amide bonds. The Hall–Kier alpha value is -4.99. The third-order valence-corrected chi connectivity index (χ3v) is 11.2. The first kappa shape index (κ1) is 42.6. The molecule has 16 heteroatoms. The van der Waals surface area contributed by atoms with Crippen LogP contribution < -0.4 is 5.56 Å². The molecule has 2 aromatic carbocycles. The smallest absolute Gasteiger partial charge is 0.417 e. The fourth-order valence-electron chi connectivity index (χ4n) is 7.17. The molecule has 1 aliphatic carbocycles. The third kappa shape index (κ3) is 9.16. The maximum Gasteiger partial charge on any atom is 0.417 e. The number of nitrogens with zero attached hydrogens (tertiary/aromatic N) is 5. The van der Waals surface area contributed by atoms with Crippen LogP contribution in [0.15, 0.2) is 57.9 Å². The quantitative estimate of drug-likeness (QED) is 0.113. The molecule has 0 saturated heterocycles. The predicted molar refractivity (Wildman–Crippen MR) is 211 cm³/mol. The Morgan fingerprint density at radius 3 is 2.28 bits per heavy atom. The second-order valence-electron chi connectivity index (χ2n) is 16.6. The van der Waals surface area contributed by atoms with Crippen molar-refractivity contribution in [3.8, 4) is 5.69 Å². The maximum atomic E-state index is 14.5. The summed E-state index contributed by atoms with van der Waals surface area (Å²) in [6, 6.07) is 9.30. The molecule has 2 aliphatic rings. The average molecular weight is 871 g/mol. The van der Waals surface area contributed by atoms with Gasteiger partial charge in [-0.1, -0.05) is 29.8 Å². The molecule has 0 unspecified atom stereocenters. The van der Waals surface area contributed by atoms with Crippen molar-refractivity contribution in [2.45, 2.75) is 98.0 Å². The summed E-state index contributed by atoms with van der Waals surface area (Å²) in [6.07, 6.45) is -0.221. The fraction of sp³-hybridized carbons (Fsp3) is 0.476. The number of ether oxygens (including phenoxy) is 2. The van der Waals surface area contributed by atoms with Gasteiger partial charge in [0.05, 0.1) is 42.0 Å². The molecule has 0 N–H and O–H groups in total. The molecule has 2 atom stereocenters. The van der Waals surface area contributed by atoms with E-state index in [0.717, 1.165) is 24.5 Å². The molecule has 1 aliphatic heterocycles. The van der Waals surface area contributed by atoms with Gasteiger partial charge in [-0.05, 0) is 108 Å². The minimum Gasteiger partial charge on any atom is -0.460 e. The van der Waals surface area contributed by atoms with Crippen molar-refractivity contribution in [3.63, 3.8) is 0 Å². The Balaban J connectivity index is 1.25. The first-order valence-electron chi connectivity index (χ1n) is 19.2. The zero-order valence-electron chi connectivity index (χ0n) is 33.5. The topological polar surface area (TPSA) is 133 Å². The van der Waals surface area contributed by atoms with E-state index in [1.807, 2.05) is 0 Å². The molecule has 1 saturated carbocycles. The lowest BCUT2D eigenvalue weighted by Crippen LogP contribution is -2.46. The molecular weight excluding hydrogens is 823 g/mol. The number of alkyl halides is 3. The molecule has 2 aromatic heterocycles. The molecule has 6 rings (SSSR count). The number of halogens is 4. The summed E-state index contributed by atoms with van der Waals surface area (Å²) < 4.78 is 55.0. The van der Waals surface area contributed by atoms with Gasteiger partial charge in [0, 0.05) is 39.8 Å². The van der Waals surface area contributed by atoms with Crippen molar-refractivity contribution < 1.29 is 41.8 Å². The van der Waals surface area contributed by atoms with Gasteiger partial charge in [0.1, 0.15) is 11.2 Å².